The molecule has 0 radical (unpaired) electrons. The monoisotopic (exact) mass is 540 g/mol. The van der Waals surface area contributed by atoms with Gasteiger partial charge in [-0.05, 0) is 85.9 Å². The minimum atomic E-state index is -3.05. The highest BCUT2D eigenvalue weighted by Gasteiger charge is 2.55. The second kappa shape index (κ2) is 7.48. The quantitative estimate of drug-likeness (QED) is 0.394. The molecule has 2 fully saturated rings. The summed E-state index contributed by atoms with van der Waals surface area (Å²) in [5.74, 6) is -3.05. The Morgan fingerprint density at radius 1 is 1.11 bits per heavy atom. The van der Waals surface area contributed by atoms with Gasteiger partial charge in [-0.2, -0.15) is 8.78 Å². The summed E-state index contributed by atoms with van der Waals surface area (Å²) < 4.78 is 37.0. The average molecular weight is 541 g/mol. The Balaban J connectivity index is 1.24. The van der Waals surface area contributed by atoms with Crippen LogP contribution in [0, 0.1) is 5.41 Å². The molecule has 2 aliphatic heterocycles. The van der Waals surface area contributed by atoms with E-state index in [1.807, 2.05) is 31.7 Å². The molecule has 1 spiro atoms. The molecule has 2 heterocycles. The summed E-state index contributed by atoms with van der Waals surface area (Å²) in [6.45, 7) is 6.31. The number of amides is 1. The van der Waals surface area contributed by atoms with Crippen LogP contribution in [0.25, 0.3) is 16.7 Å². The number of fused-ring (bicyclic) bond motifs is 3. The molecule has 2 aromatic carbocycles. The summed E-state index contributed by atoms with van der Waals surface area (Å²) in [5, 5.41) is 0. The van der Waals surface area contributed by atoms with Gasteiger partial charge in [-0.3, -0.25) is 9.89 Å². The van der Waals surface area contributed by atoms with Crippen LogP contribution in [0.1, 0.15) is 63.1 Å². The van der Waals surface area contributed by atoms with Crippen molar-refractivity contribution < 1.29 is 18.3 Å². The van der Waals surface area contributed by atoms with E-state index in [0.717, 1.165) is 36.1 Å². The molecule has 35 heavy (non-hydrogen) atoms. The van der Waals surface area contributed by atoms with Crippen LogP contribution in [-0.2, 0) is 10.7 Å². The third-order valence-electron chi connectivity index (χ3n) is 7.57. The summed E-state index contributed by atoms with van der Waals surface area (Å²) in [6, 6.07) is 10.2. The fourth-order valence-electron chi connectivity index (χ4n) is 5.63. The molecule has 4 aliphatic rings. The third-order valence-corrected chi connectivity index (χ3v) is 8.07. The standard InChI is InChI=1S/C28H27BrF2N2O2/c1-26(2,3)35-25(34)33-15-27(8-9-27)13-24(33)23-11-17(14-32-23)16-4-6-19-20-7-5-18(29)12-22(20)28(30,31)21(19)10-16/h4-7,10,12,14,24H,8-9,11,13,15H2,1-3H3/t24-/m0/s1. The van der Waals surface area contributed by atoms with Crippen LogP contribution in [-0.4, -0.2) is 34.9 Å². The van der Waals surface area contributed by atoms with Gasteiger partial charge in [0.2, 0.25) is 0 Å². The van der Waals surface area contributed by atoms with E-state index in [9.17, 15) is 4.79 Å². The first-order chi connectivity index (χ1) is 16.5. The summed E-state index contributed by atoms with van der Waals surface area (Å²) in [4.78, 5) is 19.5. The number of nitrogens with zero attached hydrogens (tertiary/aromatic N) is 2. The van der Waals surface area contributed by atoms with E-state index in [1.165, 1.54) is 6.07 Å². The number of rotatable bonds is 2. The van der Waals surface area contributed by atoms with Gasteiger partial charge in [-0.25, -0.2) is 4.79 Å². The summed E-state index contributed by atoms with van der Waals surface area (Å²) in [7, 11) is 0. The predicted molar refractivity (Wildman–Crippen MR) is 136 cm³/mol. The van der Waals surface area contributed by atoms with Crippen molar-refractivity contribution in [1.82, 2.24) is 4.90 Å². The number of likely N-dealkylation sites (tertiary alicyclic amines) is 1. The summed E-state index contributed by atoms with van der Waals surface area (Å²) in [6.07, 6.45) is 5.14. The minimum absolute atomic E-state index is 0.0325. The van der Waals surface area contributed by atoms with E-state index in [0.29, 0.717) is 28.6 Å². The maximum absolute atomic E-state index is 15.3. The van der Waals surface area contributed by atoms with Gasteiger partial charge in [0.05, 0.1) is 6.04 Å². The molecule has 182 valence electrons. The van der Waals surface area contributed by atoms with Crippen molar-refractivity contribution in [2.75, 3.05) is 6.54 Å². The van der Waals surface area contributed by atoms with E-state index >= 15 is 8.78 Å². The molecule has 0 bridgehead atoms. The van der Waals surface area contributed by atoms with Crippen LogP contribution in [0.2, 0.25) is 0 Å². The number of allylic oxidation sites excluding steroid dienone is 1. The van der Waals surface area contributed by atoms with Crippen molar-refractivity contribution >= 4 is 33.3 Å². The Morgan fingerprint density at radius 3 is 2.49 bits per heavy atom. The first-order valence-electron chi connectivity index (χ1n) is 12.0. The lowest BCUT2D eigenvalue weighted by molar-refractivity contribution is 0.0257. The lowest BCUT2D eigenvalue weighted by Gasteiger charge is -2.28. The van der Waals surface area contributed by atoms with Gasteiger partial charge in [0.25, 0.3) is 5.92 Å². The van der Waals surface area contributed by atoms with Gasteiger partial charge >= 0.3 is 6.09 Å². The second-order valence-electron chi connectivity index (χ2n) is 11.3. The molecule has 0 unspecified atom stereocenters. The third kappa shape index (κ3) is 3.83. The highest BCUT2D eigenvalue weighted by Crippen LogP contribution is 2.56. The maximum Gasteiger partial charge on any atom is 0.410 e. The molecule has 1 saturated carbocycles. The van der Waals surface area contributed by atoms with Crippen LogP contribution in [0.3, 0.4) is 0 Å². The van der Waals surface area contributed by atoms with E-state index in [4.69, 9.17) is 9.73 Å². The fraction of sp³-hybridized carbons (Fsp3) is 0.429. The Morgan fingerprint density at radius 2 is 1.80 bits per heavy atom. The number of alkyl halides is 2. The SMILES string of the molecule is CC(C)(C)OC(=O)N1CC2(CC2)C[C@H]1C1=NC=C(c2ccc3c(c2)C(F)(F)c2cc(Br)ccc2-3)C1. The number of carbonyl (C=O) groups excluding carboxylic acids is 1. The first kappa shape index (κ1) is 22.9. The Labute approximate surface area is 212 Å². The zero-order valence-corrected chi connectivity index (χ0v) is 21.6. The van der Waals surface area contributed by atoms with E-state index in [-0.39, 0.29) is 28.7 Å². The molecule has 1 atom stereocenters. The molecular formula is C28H27BrF2N2O2. The van der Waals surface area contributed by atoms with Crippen LogP contribution in [0.15, 0.2) is 52.1 Å². The lowest BCUT2D eigenvalue weighted by Crippen LogP contribution is -2.43. The summed E-state index contributed by atoms with van der Waals surface area (Å²) >= 11 is 3.32. The molecule has 0 aromatic heterocycles. The van der Waals surface area contributed by atoms with Gasteiger partial charge in [-0.1, -0.05) is 34.1 Å². The second-order valence-corrected chi connectivity index (χ2v) is 12.2. The number of hydrogen-bond donors (Lipinski definition) is 0. The first-order valence-corrected chi connectivity index (χ1v) is 12.8. The van der Waals surface area contributed by atoms with Gasteiger partial charge in [-0.15, -0.1) is 0 Å². The number of halogens is 3. The highest BCUT2D eigenvalue weighted by atomic mass is 79.9. The van der Waals surface area contributed by atoms with Crippen molar-refractivity contribution in [3.05, 3.63) is 63.8 Å². The Hall–Kier alpha value is -2.54. The van der Waals surface area contributed by atoms with Crippen molar-refractivity contribution in [3.8, 4) is 11.1 Å². The molecule has 0 N–H and O–H groups in total. The molecule has 1 amide bonds. The lowest BCUT2D eigenvalue weighted by atomic mass is 9.93. The van der Waals surface area contributed by atoms with Crippen LogP contribution in [0.4, 0.5) is 13.6 Å². The Bertz CT molecular complexity index is 1320. The van der Waals surface area contributed by atoms with Gasteiger partial charge in [0.15, 0.2) is 0 Å². The number of hydrogen-bond acceptors (Lipinski definition) is 3. The number of ether oxygens (including phenoxy) is 1. The molecular weight excluding hydrogens is 514 g/mol. The predicted octanol–water partition coefficient (Wildman–Crippen LogP) is 7.54. The van der Waals surface area contributed by atoms with E-state index < -0.39 is 11.5 Å². The highest BCUT2D eigenvalue weighted by molar-refractivity contribution is 9.10. The molecule has 6 rings (SSSR count). The Kier molecular flexibility index (Phi) is 4.89. The smallest absolute Gasteiger partial charge is 0.410 e. The average Bonchev–Trinajstić information content (AvgIpc) is 3.12. The largest absolute Gasteiger partial charge is 0.444 e. The van der Waals surface area contributed by atoms with E-state index in [2.05, 4.69) is 15.9 Å². The van der Waals surface area contributed by atoms with Gasteiger partial charge < -0.3 is 4.74 Å². The van der Waals surface area contributed by atoms with Crippen LogP contribution >= 0.6 is 15.9 Å². The van der Waals surface area contributed by atoms with Crippen molar-refractivity contribution in [1.29, 1.82) is 0 Å². The van der Waals surface area contributed by atoms with Crippen molar-refractivity contribution in [2.45, 2.75) is 64.0 Å². The number of carbonyl (C=O) groups is 1. The zero-order valence-electron chi connectivity index (χ0n) is 20.0. The molecule has 1 saturated heterocycles. The molecule has 4 nitrogen and oxygen atoms in total. The topological polar surface area (TPSA) is 41.9 Å². The maximum atomic E-state index is 15.3. The van der Waals surface area contributed by atoms with Gasteiger partial charge in [0.1, 0.15) is 5.60 Å². The van der Waals surface area contributed by atoms with Crippen LogP contribution < -0.4 is 0 Å². The normalized spacial score (nSPS) is 23.1. The number of aliphatic imine (C=N–C) groups is 1. The van der Waals surface area contributed by atoms with Crippen LogP contribution in [0.5, 0.6) is 0 Å². The molecule has 7 heteroatoms. The zero-order chi connectivity index (χ0) is 24.8. The summed E-state index contributed by atoms with van der Waals surface area (Å²) in [5.41, 5.74) is 3.39. The van der Waals surface area contributed by atoms with Crippen molar-refractivity contribution in [2.24, 2.45) is 10.4 Å². The van der Waals surface area contributed by atoms with Gasteiger partial charge in [0, 0.05) is 40.5 Å². The number of benzene rings is 2. The molecule has 2 aromatic rings. The fourth-order valence-corrected chi connectivity index (χ4v) is 5.99. The molecule has 2 aliphatic carbocycles. The van der Waals surface area contributed by atoms with E-state index in [1.54, 1.807) is 30.5 Å². The van der Waals surface area contributed by atoms with Crippen molar-refractivity contribution in [3.63, 3.8) is 0 Å². The minimum Gasteiger partial charge on any atom is -0.444 e.